The molecule has 2 saturated heterocycles. The fraction of sp³-hybridized carbons (Fsp3) is 0.520. The third kappa shape index (κ3) is 7.12. The zero-order valence-electron chi connectivity index (χ0n) is 21.2. The van der Waals surface area contributed by atoms with Crippen molar-refractivity contribution in [3.8, 4) is 5.69 Å². The van der Waals surface area contributed by atoms with Gasteiger partial charge in [0.1, 0.15) is 5.82 Å². The zero-order valence-corrected chi connectivity index (χ0v) is 21.2. The number of benzene rings is 1. The van der Waals surface area contributed by atoms with Crippen LogP contribution < -0.4 is 27.8 Å². The van der Waals surface area contributed by atoms with Crippen molar-refractivity contribution in [1.82, 2.24) is 19.4 Å². The maximum Gasteiger partial charge on any atom is 0.354 e. The highest BCUT2D eigenvalue weighted by Gasteiger charge is 2.30. The Hall–Kier alpha value is -3.28. The molecule has 2 aromatic rings. The van der Waals surface area contributed by atoms with Gasteiger partial charge in [0, 0.05) is 45.0 Å². The average molecular weight is 499 g/mol. The van der Waals surface area contributed by atoms with Crippen LogP contribution >= 0.6 is 0 Å². The number of nitrogens with two attached hydrogens (primary N) is 3. The Morgan fingerprint density at radius 1 is 1.06 bits per heavy atom. The van der Waals surface area contributed by atoms with Gasteiger partial charge in [-0.1, -0.05) is 12.1 Å². The van der Waals surface area contributed by atoms with Crippen molar-refractivity contribution in [2.45, 2.75) is 44.8 Å². The molecule has 1 aromatic heterocycles. The lowest BCUT2D eigenvalue weighted by atomic mass is 10.0. The molecule has 0 unspecified atom stereocenters. The van der Waals surface area contributed by atoms with E-state index in [9.17, 15) is 9.59 Å². The number of hydrogen-bond acceptors (Lipinski definition) is 8. The van der Waals surface area contributed by atoms with Gasteiger partial charge in [-0.3, -0.25) is 19.1 Å². The third-order valence-corrected chi connectivity index (χ3v) is 6.48. The summed E-state index contributed by atoms with van der Waals surface area (Å²) in [5.74, 6) is 0.577. The van der Waals surface area contributed by atoms with Gasteiger partial charge in [-0.15, -0.1) is 0 Å². The van der Waals surface area contributed by atoms with Crippen LogP contribution in [0.5, 0.6) is 0 Å². The van der Waals surface area contributed by atoms with Crippen LogP contribution in [0.2, 0.25) is 0 Å². The molecule has 3 heterocycles. The third-order valence-electron chi connectivity index (χ3n) is 6.48. The van der Waals surface area contributed by atoms with Gasteiger partial charge in [0.15, 0.2) is 0 Å². The van der Waals surface area contributed by atoms with E-state index in [4.69, 9.17) is 16.3 Å². The van der Waals surface area contributed by atoms with E-state index in [0.29, 0.717) is 38.0 Å². The highest BCUT2D eigenvalue weighted by atomic mass is 16.2. The molecule has 36 heavy (non-hydrogen) atoms. The second-order valence-corrected chi connectivity index (χ2v) is 9.86. The number of primary amides is 1. The first-order valence-electron chi connectivity index (χ1n) is 12.3. The first kappa shape index (κ1) is 27.3. The number of rotatable bonds is 5. The van der Waals surface area contributed by atoms with E-state index >= 15 is 0 Å². The normalized spacial score (nSPS) is 17.3. The number of piperazine rings is 1. The Bertz CT molecular complexity index is 1060. The van der Waals surface area contributed by atoms with Crippen molar-refractivity contribution < 1.29 is 9.59 Å². The van der Waals surface area contributed by atoms with E-state index < -0.39 is 5.54 Å². The number of hydrogen-bond donors (Lipinski definition) is 3. The number of carbonyl (C=O) groups excluding carboxylic acids is 2. The lowest BCUT2D eigenvalue weighted by Crippen LogP contribution is -2.57. The van der Waals surface area contributed by atoms with E-state index in [1.807, 2.05) is 23.1 Å². The van der Waals surface area contributed by atoms with Crippen LogP contribution in [0.1, 0.15) is 32.3 Å². The fourth-order valence-electron chi connectivity index (χ4n) is 4.44. The van der Waals surface area contributed by atoms with E-state index in [1.54, 1.807) is 29.5 Å². The van der Waals surface area contributed by atoms with E-state index in [1.165, 1.54) is 5.56 Å². The first-order chi connectivity index (χ1) is 17.1. The monoisotopic (exact) mass is 498 g/mol. The molecular formula is C25H38N8O3. The van der Waals surface area contributed by atoms with Gasteiger partial charge in [0.2, 0.25) is 12.3 Å². The summed E-state index contributed by atoms with van der Waals surface area (Å²) >= 11 is 0. The lowest BCUT2D eigenvalue weighted by molar-refractivity contribution is -0.136. The Kier molecular flexibility index (Phi) is 9.19. The van der Waals surface area contributed by atoms with E-state index in [-0.39, 0.29) is 18.0 Å². The van der Waals surface area contributed by atoms with Gasteiger partial charge >= 0.3 is 5.69 Å². The molecule has 196 valence electrons. The first-order valence-corrected chi connectivity index (χ1v) is 12.3. The number of anilines is 1. The van der Waals surface area contributed by atoms with Gasteiger partial charge in [0.05, 0.1) is 11.2 Å². The van der Waals surface area contributed by atoms with Crippen LogP contribution in [0.25, 0.3) is 5.69 Å². The van der Waals surface area contributed by atoms with Crippen LogP contribution in [0.15, 0.2) is 41.3 Å². The van der Waals surface area contributed by atoms with Gasteiger partial charge in [0.25, 0.3) is 0 Å². The number of aromatic nitrogens is 2. The molecule has 0 atom stereocenters. The number of carbonyl (C=O) groups is 2. The molecule has 2 fully saturated rings. The minimum atomic E-state index is -0.877. The van der Waals surface area contributed by atoms with Gasteiger partial charge in [-0.25, -0.2) is 4.79 Å². The Morgan fingerprint density at radius 3 is 2.17 bits per heavy atom. The fourth-order valence-corrected chi connectivity index (χ4v) is 4.44. The van der Waals surface area contributed by atoms with Gasteiger partial charge < -0.3 is 27.0 Å². The Morgan fingerprint density at radius 2 is 1.64 bits per heavy atom. The van der Waals surface area contributed by atoms with Crippen LogP contribution in [-0.4, -0.2) is 82.5 Å². The number of piperidine rings is 1. The minimum Gasteiger partial charge on any atom is -0.372 e. The molecule has 11 nitrogen and oxygen atoms in total. The molecule has 4 rings (SSSR count). The topological polar surface area (TPSA) is 157 Å². The Balaban J connectivity index is 0.00000115. The molecule has 0 spiro atoms. The maximum atomic E-state index is 12.7. The number of likely N-dealkylation sites (tertiary alicyclic amines) is 1. The molecule has 0 bridgehead atoms. The molecule has 0 saturated carbocycles. The van der Waals surface area contributed by atoms with Crippen molar-refractivity contribution in [1.29, 1.82) is 0 Å². The number of amides is 2. The standard InChI is InChI=1S/C24H35N7O2.CH3NO/c1-24(2,26)22(32)30-15-13-29(14-16-30)21-9-12-31(23(33)27-21)20-5-3-18(4-6-20)17-28-10-7-19(25)8-11-28;2-1-3/h3-6,9,12,19H,7-8,10-11,13-17,25-26H2,1-2H3;1H,(H2,2,3). The molecule has 6 N–H and O–H groups in total. The maximum absolute atomic E-state index is 12.7. The SMILES string of the molecule is CC(C)(N)C(=O)N1CCN(c2ccn(-c3ccc(CN4CCC(N)CC4)cc3)c(=O)n2)CC1.NC=O. The van der Waals surface area contributed by atoms with Gasteiger partial charge in [-0.05, 0) is 63.5 Å². The van der Waals surface area contributed by atoms with Crippen molar-refractivity contribution in [3.63, 3.8) is 0 Å². The molecule has 1 aromatic carbocycles. The smallest absolute Gasteiger partial charge is 0.354 e. The van der Waals surface area contributed by atoms with Crippen LogP contribution in [0.4, 0.5) is 5.82 Å². The minimum absolute atomic E-state index is 0.0576. The van der Waals surface area contributed by atoms with Crippen LogP contribution in [0, 0.1) is 0 Å². The van der Waals surface area contributed by atoms with Crippen LogP contribution in [-0.2, 0) is 16.1 Å². The summed E-state index contributed by atoms with van der Waals surface area (Å²) in [6.07, 6.45) is 4.11. The molecule has 2 aliphatic rings. The van der Waals surface area contributed by atoms with Crippen molar-refractivity contribution in [2.24, 2.45) is 17.2 Å². The molecule has 11 heteroatoms. The molecular weight excluding hydrogens is 460 g/mol. The molecule has 0 aliphatic carbocycles. The highest BCUT2D eigenvalue weighted by molar-refractivity contribution is 5.85. The summed E-state index contributed by atoms with van der Waals surface area (Å²) < 4.78 is 1.56. The summed E-state index contributed by atoms with van der Waals surface area (Å²) in [7, 11) is 0. The second-order valence-electron chi connectivity index (χ2n) is 9.86. The van der Waals surface area contributed by atoms with Gasteiger partial charge in [-0.2, -0.15) is 4.98 Å². The highest BCUT2D eigenvalue weighted by Crippen LogP contribution is 2.17. The number of nitrogens with zero attached hydrogens (tertiary/aromatic N) is 5. The lowest BCUT2D eigenvalue weighted by Gasteiger charge is -2.37. The predicted molar refractivity (Wildman–Crippen MR) is 140 cm³/mol. The van der Waals surface area contributed by atoms with Crippen molar-refractivity contribution in [2.75, 3.05) is 44.2 Å². The second kappa shape index (κ2) is 12.1. The summed E-state index contributed by atoms with van der Waals surface area (Å²) in [4.78, 5) is 44.2. The molecule has 0 radical (unpaired) electrons. The Labute approximate surface area is 211 Å². The largest absolute Gasteiger partial charge is 0.372 e. The summed E-state index contributed by atoms with van der Waals surface area (Å²) in [5.41, 5.74) is 16.9. The van der Waals surface area contributed by atoms with E-state index in [0.717, 1.165) is 38.2 Å². The molecule has 2 amide bonds. The summed E-state index contributed by atoms with van der Waals surface area (Å²) in [5, 5.41) is 0. The predicted octanol–water partition coefficient (Wildman–Crippen LogP) is -0.357. The van der Waals surface area contributed by atoms with Crippen molar-refractivity contribution >= 4 is 18.1 Å². The summed E-state index contributed by atoms with van der Waals surface area (Å²) in [6, 6.07) is 10.3. The van der Waals surface area contributed by atoms with E-state index in [2.05, 4.69) is 27.8 Å². The summed E-state index contributed by atoms with van der Waals surface area (Å²) in [6.45, 7) is 8.76. The quantitative estimate of drug-likeness (QED) is 0.472. The van der Waals surface area contributed by atoms with Crippen LogP contribution in [0.3, 0.4) is 0 Å². The zero-order chi connectivity index (χ0) is 26.3. The van der Waals surface area contributed by atoms with Crippen molar-refractivity contribution in [3.05, 3.63) is 52.6 Å². The average Bonchev–Trinajstić information content (AvgIpc) is 2.86. The molecule has 2 aliphatic heterocycles.